The molecule has 0 aliphatic rings. The summed E-state index contributed by atoms with van der Waals surface area (Å²) in [5.74, 6) is 0. The standard InChI is InChI=1S/Mg.Nb.Ni.Zr.2H. The largest absolute Gasteiger partial charge is 0.316 e. The summed E-state index contributed by atoms with van der Waals surface area (Å²) in [6, 6.07) is 0. The molecule has 1 radical (unpaired) electrons. The van der Waals surface area contributed by atoms with Crippen LogP contribution in [-0.4, -0.2) is 23.1 Å². The normalized spacial score (nSPS) is 0. The van der Waals surface area contributed by atoms with Gasteiger partial charge in [0.05, 0.1) is 0 Å². The van der Waals surface area contributed by atoms with Gasteiger partial charge in [-0.25, -0.2) is 0 Å². The van der Waals surface area contributed by atoms with Crippen molar-refractivity contribution < 1.29 is 65.1 Å². The third kappa shape index (κ3) is 8.86. The van der Waals surface area contributed by atoms with Crippen LogP contribution in [0.2, 0.25) is 0 Å². The first kappa shape index (κ1) is 28.7. The molecule has 0 unspecified atom stereocenters. The minimum Gasteiger partial charge on any atom is 0 e. The van der Waals surface area contributed by atoms with Crippen LogP contribution in [0, 0.1) is 0 Å². The first-order valence-corrected chi connectivity index (χ1v) is 0. The van der Waals surface area contributed by atoms with Crippen molar-refractivity contribution in [3.05, 3.63) is 0 Å². The van der Waals surface area contributed by atoms with E-state index in [9.17, 15) is 0 Å². The van der Waals surface area contributed by atoms with E-state index in [-0.39, 0.29) is 88.1 Å². The molecular formula is H2MgNbNiZr. The van der Waals surface area contributed by atoms with E-state index >= 15 is 0 Å². The van der Waals surface area contributed by atoms with Crippen LogP contribution < -0.4 is 0 Å². The Morgan fingerprint density at radius 1 is 1.00 bits per heavy atom. The molecule has 0 aromatic carbocycles. The van der Waals surface area contributed by atoms with Gasteiger partial charge in [-0.2, -0.15) is 0 Å². The Morgan fingerprint density at radius 2 is 1.00 bits per heavy atom. The molecule has 0 aromatic heterocycles. The van der Waals surface area contributed by atoms with Crippen LogP contribution >= 0.6 is 0 Å². The molecule has 0 heterocycles. The van der Waals surface area contributed by atoms with Gasteiger partial charge in [0.25, 0.3) is 0 Å². The molecule has 0 amide bonds. The van der Waals surface area contributed by atoms with E-state index in [0.717, 1.165) is 0 Å². The van der Waals surface area contributed by atoms with Crippen LogP contribution in [0.1, 0.15) is 0 Å². The van der Waals surface area contributed by atoms with E-state index in [0.29, 0.717) is 0 Å². The average molecular weight is 269 g/mol. The van der Waals surface area contributed by atoms with Gasteiger partial charge in [0, 0.05) is 65.1 Å². The van der Waals surface area contributed by atoms with E-state index in [1.54, 1.807) is 0 Å². The Bertz CT molecular complexity index is 8.00. The zero-order chi connectivity index (χ0) is 0. The fourth-order valence-corrected chi connectivity index (χ4v) is 0. The Hall–Kier alpha value is 2.88. The summed E-state index contributed by atoms with van der Waals surface area (Å²) in [5.41, 5.74) is 0. The molecule has 4 heavy (non-hydrogen) atoms. The molecule has 0 aliphatic heterocycles. The zero-order valence-electron chi connectivity index (χ0n) is 1.26. The third-order valence-electron chi connectivity index (χ3n) is 0. The van der Waals surface area contributed by atoms with Crippen LogP contribution in [0.25, 0.3) is 0 Å². The Labute approximate surface area is 86.6 Å². The van der Waals surface area contributed by atoms with Crippen molar-refractivity contribution in [2.45, 2.75) is 0 Å². The topological polar surface area (TPSA) is 0 Å². The van der Waals surface area contributed by atoms with Gasteiger partial charge < -0.3 is 0 Å². The van der Waals surface area contributed by atoms with Crippen molar-refractivity contribution in [2.75, 3.05) is 0 Å². The van der Waals surface area contributed by atoms with Gasteiger partial charge in [0.15, 0.2) is 0 Å². The summed E-state index contributed by atoms with van der Waals surface area (Å²) < 4.78 is 0. The summed E-state index contributed by atoms with van der Waals surface area (Å²) in [6.45, 7) is 0. The van der Waals surface area contributed by atoms with E-state index in [2.05, 4.69) is 0 Å². The molecule has 0 N–H and O–H groups in total. The predicted octanol–water partition coefficient (Wildman–Crippen LogP) is -0.924. The zero-order valence-corrected chi connectivity index (χ0v) is 6.91. The average Bonchev–Trinajstić information content (AvgIpc) is 0. The van der Waals surface area contributed by atoms with Crippen LogP contribution in [0.15, 0.2) is 0 Å². The molecule has 0 aliphatic carbocycles. The first-order chi connectivity index (χ1) is 0. The Kier molecular flexibility index (Phi) is 121. The minimum absolute atomic E-state index is 0. The van der Waals surface area contributed by atoms with Gasteiger partial charge in [-0.1, -0.05) is 0 Å². The minimum atomic E-state index is 0. The van der Waals surface area contributed by atoms with E-state index in [1.165, 1.54) is 0 Å². The predicted molar refractivity (Wildman–Crippen MR) is 8.54 cm³/mol. The number of rotatable bonds is 0. The van der Waals surface area contributed by atoms with E-state index < -0.39 is 0 Å². The summed E-state index contributed by atoms with van der Waals surface area (Å²) in [5, 5.41) is 0. The molecule has 0 spiro atoms. The number of hydrogen-bond donors (Lipinski definition) is 0. The fraction of sp³-hybridized carbons (Fsp3) is 0. The second-order valence-corrected chi connectivity index (χ2v) is 0. The van der Waals surface area contributed by atoms with Crippen LogP contribution in [-0.2, 0) is 65.1 Å². The van der Waals surface area contributed by atoms with Crippen molar-refractivity contribution in [1.82, 2.24) is 0 Å². The second kappa shape index (κ2) is 16.9. The number of hydrogen-bond acceptors (Lipinski definition) is 0. The van der Waals surface area contributed by atoms with Gasteiger partial charge in [-0.3, -0.25) is 0 Å². The summed E-state index contributed by atoms with van der Waals surface area (Å²) in [7, 11) is 0. The van der Waals surface area contributed by atoms with Crippen molar-refractivity contribution >= 4 is 23.1 Å². The smallest absolute Gasteiger partial charge is 0 e. The van der Waals surface area contributed by atoms with Crippen LogP contribution in [0.3, 0.4) is 0 Å². The van der Waals surface area contributed by atoms with Crippen molar-refractivity contribution in [3.63, 3.8) is 0 Å². The van der Waals surface area contributed by atoms with Crippen molar-refractivity contribution in [3.8, 4) is 0 Å². The van der Waals surface area contributed by atoms with Crippen LogP contribution in [0.4, 0.5) is 0 Å². The van der Waals surface area contributed by atoms with Gasteiger partial charge in [-0.05, 0) is 0 Å². The molecule has 23 valence electrons. The molecule has 0 nitrogen and oxygen atoms in total. The summed E-state index contributed by atoms with van der Waals surface area (Å²) in [4.78, 5) is 0. The SMILES string of the molecule is [MgH2].[Nb].[Ni].[Zr]. The van der Waals surface area contributed by atoms with Gasteiger partial charge in [0.1, 0.15) is 0 Å². The molecule has 0 saturated heterocycles. The molecule has 0 aromatic rings. The van der Waals surface area contributed by atoms with Crippen molar-refractivity contribution in [1.29, 1.82) is 0 Å². The summed E-state index contributed by atoms with van der Waals surface area (Å²) >= 11 is 0. The molecule has 0 fully saturated rings. The maximum atomic E-state index is 0. The molecule has 0 rings (SSSR count). The van der Waals surface area contributed by atoms with E-state index in [1.807, 2.05) is 0 Å². The maximum Gasteiger partial charge on any atom is 0.316 e. The molecule has 0 bridgehead atoms. The maximum absolute atomic E-state index is 0. The molecule has 0 atom stereocenters. The quantitative estimate of drug-likeness (QED) is 0.499. The van der Waals surface area contributed by atoms with E-state index in [4.69, 9.17) is 0 Å². The Balaban J connectivity index is 0. The monoisotopic (exact) mass is 267 g/mol. The van der Waals surface area contributed by atoms with Gasteiger partial charge in [0.2, 0.25) is 0 Å². The molecule has 4 heteroatoms. The third-order valence-corrected chi connectivity index (χ3v) is 0. The molecule has 0 saturated carbocycles. The summed E-state index contributed by atoms with van der Waals surface area (Å²) in [6.07, 6.45) is 0. The Morgan fingerprint density at radius 3 is 1.00 bits per heavy atom. The van der Waals surface area contributed by atoms with Crippen LogP contribution in [0.5, 0.6) is 0 Å². The second-order valence-electron chi connectivity index (χ2n) is 0. The van der Waals surface area contributed by atoms with Crippen molar-refractivity contribution in [2.24, 2.45) is 0 Å². The first-order valence-electron chi connectivity index (χ1n) is 0. The fourth-order valence-electron chi connectivity index (χ4n) is 0. The van der Waals surface area contributed by atoms with Gasteiger partial charge >= 0.3 is 23.1 Å². The molecular weight excluding hydrogens is 267 g/mol. The van der Waals surface area contributed by atoms with Gasteiger partial charge in [-0.15, -0.1) is 0 Å².